The summed E-state index contributed by atoms with van der Waals surface area (Å²) in [5.41, 5.74) is 1.52. The third kappa shape index (κ3) is 4.32. The molecule has 2 aliphatic heterocycles. The number of amides is 1. The molecule has 34 heavy (non-hydrogen) atoms. The number of nitrogens with one attached hydrogen (secondary N) is 1. The summed E-state index contributed by atoms with van der Waals surface area (Å²) in [6.45, 7) is 10.6. The first kappa shape index (κ1) is 22.6. The van der Waals surface area contributed by atoms with Crippen molar-refractivity contribution >= 4 is 17.1 Å². The number of hydrogen-bond donors (Lipinski definition) is 1. The Morgan fingerprint density at radius 1 is 1.15 bits per heavy atom. The Morgan fingerprint density at radius 3 is 2.59 bits per heavy atom. The molecule has 5 rings (SSSR count). The lowest BCUT2D eigenvalue weighted by Gasteiger charge is -2.47. The molecule has 2 aliphatic rings. The van der Waals surface area contributed by atoms with Crippen LogP contribution in [0.15, 0.2) is 35.1 Å². The summed E-state index contributed by atoms with van der Waals surface area (Å²) in [7, 11) is 0. The number of aromatic nitrogens is 4. The van der Waals surface area contributed by atoms with Crippen molar-refractivity contribution in [3.63, 3.8) is 0 Å². The van der Waals surface area contributed by atoms with Crippen molar-refractivity contribution in [2.24, 2.45) is 0 Å². The summed E-state index contributed by atoms with van der Waals surface area (Å²) in [6, 6.07) is 10.1. The van der Waals surface area contributed by atoms with E-state index in [1.165, 1.54) is 0 Å². The molecule has 1 N–H and O–H groups in total. The molecule has 0 spiro atoms. The molecule has 1 atom stereocenters. The van der Waals surface area contributed by atoms with Crippen LogP contribution in [0.4, 0.5) is 4.79 Å². The van der Waals surface area contributed by atoms with Gasteiger partial charge in [-0.25, -0.2) is 14.5 Å². The third-order valence-corrected chi connectivity index (χ3v) is 6.60. The monoisotopic (exact) mass is 464 g/mol. The number of fused-ring (bicyclic) bond motifs is 1. The lowest BCUT2D eigenvalue weighted by molar-refractivity contribution is -0.0204. The van der Waals surface area contributed by atoms with Crippen LogP contribution in [-0.2, 0) is 4.74 Å². The molecule has 2 saturated heterocycles. The second kappa shape index (κ2) is 8.54. The smallest absolute Gasteiger partial charge is 0.410 e. The zero-order valence-corrected chi connectivity index (χ0v) is 20.2. The van der Waals surface area contributed by atoms with Gasteiger partial charge in [0.2, 0.25) is 0 Å². The molecule has 180 valence electrons. The normalized spacial score (nSPS) is 19.9. The number of aryl methyl sites for hydroxylation is 1. The van der Waals surface area contributed by atoms with E-state index in [-0.39, 0.29) is 17.6 Å². The van der Waals surface area contributed by atoms with E-state index >= 15 is 0 Å². The Hall–Kier alpha value is -3.20. The van der Waals surface area contributed by atoms with Gasteiger partial charge in [-0.15, -0.1) is 0 Å². The summed E-state index contributed by atoms with van der Waals surface area (Å²) in [6.07, 6.45) is 1.73. The van der Waals surface area contributed by atoms with Crippen LogP contribution in [-0.4, -0.2) is 73.5 Å². The van der Waals surface area contributed by atoms with E-state index in [2.05, 4.69) is 15.0 Å². The van der Waals surface area contributed by atoms with Crippen molar-refractivity contribution < 1.29 is 9.53 Å². The maximum absolute atomic E-state index is 13.0. The second-order valence-electron chi connectivity index (χ2n) is 10.4. The van der Waals surface area contributed by atoms with E-state index in [1.807, 2.05) is 58.0 Å². The fraction of sp³-hybridized carbons (Fsp3) is 0.520. The summed E-state index contributed by atoms with van der Waals surface area (Å²) in [4.78, 5) is 37.4. The van der Waals surface area contributed by atoms with E-state index in [9.17, 15) is 9.59 Å². The minimum atomic E-state index is -0.487. The summed E-state index contributed by atoms with van der Waals surface area (Å²) in [5, 5.41) is 5.13. The average Bonchev–Trinajstić information content (AvgIpc) is 3.09. The first-order valence-electron chi connectivity index (χ1n) is 12.0. The molecule has 1 unspecified atom stereocenters. The molecular formula is C25H32N6O3. The van der Waals surface area contributed by atoms with Crippen molar-refractivity contribution in [1.82, 2.24) is 29.5 Å². The van der Waals surface area contributed by atoms with Crippen LogP contribution in [0.1, 0.15) is 51.0 Å². The van der Waals surface area contributed by atoms with Gasteiger partial charge >= 0.3 is 6.09 Å². The average molecular weight is 465 g/mol. The van der Waals surface area contributed by atoms with Crippen LogP contribution in [0, 0.1) is 6.92 Å². The molecule has 1 amide bonds. The highest BCUT2D eigenvalue weighted by atomic mass is 16.6. The number of piperidine rings is 1. The molecule has 0 bridgehead atoms. The van der Waals surface area contributed by atoms with Crippen molar-refractivity contribution in [3.05, 3.63) is 52.2 Å². The highest BCUT2D eigenvalue weighted by Gasteiger charge is 2.39. The van der Waals surface area contributed by atoms with Gasteiger partial charge in [0.05, 0.1) is 11.4 Å². The van der Waals surface area contributed by atoms with E-state index in [0.29, 0.717) is 41.7 Å². The van der Waals surface area contributed by atoms with Crippen molar-refractivity contribution in [2.75, 3.05) is 26.2 Å². The van der Waals surface area contributed by atoms with Gasteiger partial charge < -0.3 is 14.6 Å². The summed E-state index contributed by atoms with van der Waals surface area (Å²) in [5.74, 6) is 0.837. The van der Waals surface area contributed by atoms with Gasteiger partial charge in [-0.3, -0.25) is 9.69 Å². The van der Waals surface area contributed by atoms with Crippen molar-refractivity contribution in [2.45, 2.75) is 58.1 Å². The first-order chi connectivity index (χ1) is 16.2. The predicted molar refractivity (Wildman–Crippen MR) is 129 cm³/mol. The third-order valence-electron chi connectivity index (χ3n) is 6.60. The number of hydrogen-bond acceptors (Lipinski definition) is 6. The van der Waals surface area contributed by atoms with Crippen molar-refractivity contribution in [3.8, 4) is 5.69 Å². The minimum Gasteiger partial charge on any atom is -0.444 e. The minimum absolute atomic E-state index is 0.126. The highest BCUT2D eigenvalue weighted by molar-refractivity contribution is 5.78. The fourth-order valence-electron chi connectivity index (χ4n) is 4.87. The molecule has 0 saturated carbocycles. The Bertz CT molecular complexity index is 1250. The summed E-state index contributed by atoms with van der Waals surface area (Å²) < 4.78 is 7.24. The molecule has 4 heterocycles. The maximum Gasteiger partial charge on any atom is 0.410 e. The highest BCUT2D eigenvalue weighted by Crippen LogP contribution is 2.29. The number of carbonyl (C=O) groups excluding carboxylic acids is 1. The largest absolute Gasteiger partial charge is 0.444 e. The van der Waals surface area contributed by atoms with Crippen LogP contribution >= 0.6 is 0 Å². The summed E-state index contributed by atoms with van der Waals surface area (Å²) >= 11 is 0. The molecular weight excluding hydrogens is 432 g/mol. The van der Waals surface area contributed by atoms with E-state index < -0.39 is 5.60 Å². The number of nitrogens with zero attached hydrogens (tertiary/aromatic N) is 5. The Balaban J connectivity index is 1.34. The van der Waals surface area contributed by atoms with Gasteiger partial charge in [-0.05, 0) is 59.2 Å². The molecule has 0 radical (unpaired) electrons. The number of rotatable bonds is 3. The zero-order chi connectivity index (χ0) is 24.0. The maximum atomic E-state index is 13.0. The SMILES string of the molecule is Cc1nn(-c2ccccc2)c2nc(C3CCCN(C4CN(C(=O)OC(C)(C)C)C4)C3)[nH]c(=O)c12. The molecule has 1 aromatic carbocycles. The topological polar surface area (TPSA) is 96.3 Å². The number of likely N-dealkylation sites (tertiary alicyclic amines) is 2. The Morgan fingerprint density at radius 2 is 1.88 bits per heavy atom. The van der Waals surface area contributed by atoms with Crippen LogP contribution in [0.25, 0.3) is 16.7 Å². The van der Waals surface area contributed by atoms with Gasteiger partial charge in [0.1, 0.15) is 16.8 Å². The van der Waals surface area contributed by atoms with E-state index in [4.69, 9.17) is 9.72 Å². The molecule has 2 aromatic heterocycles. The van der Waals surface area contributed by atoms with Crippen LogP contribution in [0.5, 0.6) is 0 Å². The number of benzene rings is 1. The Kier molecular flexibility index (Phi) is 5.67. The molecule has 9 heteroatoms. The lowest BCUT2D eigenvalue weighted by Crippen LogP contribution is -2.63. The van der Waals surface area contributed by atoms with Gasteiger partial charge in [-0.1, -0.05) is 18.2 Å². The quantitative estimate of drug-likeness (QED) is 0.639. The number of ether oxygens (including phenoxy) is 1. The number of aromatic amines is 1. The standard InChI is InChI=1S/C25H32N6O3/c1-16-20-22(31(28-16)18-10-6-5-7-11-18)26-21(27-23(20)32)17-9-8-12-29(13-17)19-14-30(15-19)24(33)34-25(2,3)4/h5-7,10-11,17,19H,8-9,12-15H2,1-4H3,(H,26,27,32). The lowest BCUT2D eigenvalue weighted by atomic mass is 9.94. The second-order valence-corrected chi connectivity index (χ2v) is 10.4. The van der Waals surface area contributed by atoms with Gasteiger partial charge in [0.15, 0.2) is 5.65 Å². The van der Waals surface area contributed by atoms with Gasteiger partial charge in [-0.2, -0.15) is 5.10 Å². The molecule has 3 aromatic rings. The number of H-pyrrole nitrogens is 1. The molecule has 9 nitrogen and oxygen atoms in total. The van der Waals surface area contributed by atoms with Gasteiger partial charge in [0.25, 0.3) is 5.56 Å². The van der Waals surface area contributed by atoms with Crippen LogP contribution in [0.3, 0.4) is 0 Å². The zero-order valence-electron chi connectivity index (χ0n) is 20.2. The van der Waals surface area contributed by atoms with Crippen LogP contribution in [0.2, 0.25) is 0 Å². The molecule has 2 fully saturated rings. The van der Waals surface area contributed by atoms with Crippen LogP contribution < -0.4 is 5.56 Å². The van der Waals surface area contributed by atoms with E-state index in [1.54, 1.807) is 9.58 Å². The number of carbonyl (C=O) groups is 1. The molecule has 0 aliphatic carbocycles. The number of para-hydroxylation sites is 1. The van der Waals surface area contributed by atoms with E-state index in [0.717, 1.165) is 31.6 Å². The first-order valence-corrected chi connectivity index (χ1v) is 12.0. The van der Waals surface area contributed by atoms with Crippen molar-refractivity contribution in [1.29, 1.82) is 0 Å². The fourth-order valence-corrected chi connectivity index (χ4v) is 4.87. The van der Waals surface area contributed by atoms with Gasteiger partial charge in [0, 0.05) is 31.6 Å². The predicted octanol–water partition coefficient (Wildman–Crippen LogP) is 3.22. The Labute approximate surface area is 198 Å².